The van der Waals surface area contributed by atoms with E-state index in [1.54, 1.807) is 6.07 Å². The fourth-order valence-corrected chi connectivity index (χ4v) is 6.35. The predicted molar refractivity (Wildman–Crippen MR) is 120 cm³/mol. The molecule has 4 aliphatic rings. The highest BCUT2D eigenvalue weighted by Crippen LogP contribution is 2.65. The van der Waals surface area contributed by atoms with E-state index in [1.165, 1.54) is 12.1 Å². The molecule has 2 heterocycles. The summed E-state index contributed by atoms with van der Waals surface area (Å²) in [4.78, 5) is 49.4. The molecule has 2 aliphatic heterocycles. The Kier molecular flexibility index (Phi) is 6.18. The zero-order valence-electron chi connectivity index (χ0n) is 20.7. The van der Waals surface area contributed by atoms with Crippen LogP contribution in [-0.4, -0.2) is 82.6 Å². The lowest BCUT2D eigenvalue weighted by molar-refractivity contribution is -0.206. The standard InChI is InChI=1S/C25H24F3NO10/c1-11(30)36-15(21(33)39-22(34)25(26,27)28)10-17(32)37-14-5-6-24(35)16-9-12-3-4-13(31)19-18(12)23(24,20(14)38-19)7-8-29(16)2/h3-5,15-16,20,31,35H,6-10H2,1-2H3/t15-,16+,20-,23-,24+/m0/s1. The van der Waals surface area contributed by atoms with Crippen LogP contribution in [0.4, 0.5) is 13.2 Å². The summed E-state index contributed by atoms with van der Waals surface area (Å²) in [5.41, 5.74) is -0.919. The van der Waals surface area contributed by atoms with Gasteiger partial charge in [-0.1, -0.05) is 6.07 Å². The lowest BCUT2D eigenvalue weighted by atomic mass is 9.50. The number of alkyl halides is 3. The number of aliphatic hydroxyl groups is 1. The number of carbonyl (C=O) groups excluding carboxylic acids is 4. The highest BCUT2D eigenvalue weighted by Gasteiger charge is 2.72. The average molecular weight is 555 g/mol. The van der Waals surface area contributed by atoms with Gasteiger partial charge in [-0.15, -0.1) is 0 Å². The minimum absolute atomic E-state index is 0.0438. The number of piperidine rings is 1. The maximum Gasteiger partial charge on any atom is 0.491 e. The second-order valence-electron chi connectivity index (χ2n) is 10.1. The number of rotatable bonds is 5. The van der Waals surface area contributed by atoms with Crippen LogP contribution in [0.1, 0.15) is 37.3 Å². The molecule has 1 spiro atoms. The summed E-state index contributed by atoms with van der Waals surface area (Å²) in [6.45, 7) is 1.41. The van der Waals surface area contributed by atoms with Gasteiger partial charge in [-0.3, -0.25) is 9.59 Å². The lowest BCUT2D eigenvalue weighted by Crippen LogP contribution is -2.74. The Bertz CT molecular complexity index is 1310. The predicted octanol–water partition coefficient (Wildman–Crippen LogP) is 1.17. The molecule has 11 nitrogen and oxygen atoms in total. The number of aromatic hydroxyl groups is 1. The molecule has 1 saturated heterocycles. The van der Waals surface area contributed by atoms with Gasteiger partial charge in [-0.25, -0.2) is 9.59 Å². The molecule has 2 bridgehead atoms. The van der Waals surface area contributed by atoms with Crippen LogP contribution in [0.25, 0.3) is 0 Å². The molecule has 2 aliphatic carbocycles. The van der Waals surface area contributed by atoms with Gasteiger partial charge in [0, 0.05) is 24.9 Å². The number of esters is 4. The van der Waals surface area contributed by atoms with Crippen molar-refractivity contribution in [3.63, 3.8) is 0 Å². The molecule has 0 radical (unpaired) electrons. The van der Waals surface area contributed by atoms with E-state index in [-0.39, 0.29) is 29.7 Å². The minimum atomic E-state index is -5.49. The first kappa shape index (κ1) is 26.9. The van der Waals surface area contributed by atoms with E-state index in [0.717, 1.165) is 12.5 Å². The third kappa shape index (κ3) is 4.04. The second-order valence-corrected chi connectivity index (χ2v) is 10.1. The Balaban J connectivity index is 1.42. The summed E-state index contributed by atoms with van der Waals surface area (Å²) in [7, 11) is 1.89. The number of nitrogens with zero attached hydrogens (tertiary/aromatic N) is 1. The van der Waals surface area contributed by atoms with Crippen molar-refractivity contribution in [1.82, 2.24) is 4.90 Å². The van der Waals surface area contributed by atoms with Crippen LogP contribution < -0.4 is 4.74 Å². The topological polar surface area (TPSA) is 149 Å². The van der Waals surface area contributed by atoms with Gasteiger partial charge in [0.05, 0.1) is 17.4 Å². The minimum Gasteiger partial charge on any atom is -0.504 e. The lowest BCUT2D eigenvalue weighted by Gasteiger charge is -2.61. The quantitative estimate of drug-likeness (QED) is 0.306. The van der Waals surface area contributed by atoms with E-state index < -0.39 is 59.7 Å². The number of ether oxygens (including phenoxy) is 4. The van der Waals surface area contributed by atoms with Crippen LogP contribution in [0.5, 0.6) is 11.5 Å². The molecule has 5 atom stereocenters. The number of halogens is 3. The van der Waals surface area contributed by atoms with E-state index in [0.29, 0.717) is 24.9 Å². The van der Waals surface area contributed by atoms with Crippen molar-refractivity contribution in [2.75, 3.05) is 13.6 Å². The maximum atomic E-state index is 12.8. The van der Waals surface area contributed by atoms with Crippen molar-refractivity contribution in [3.8, 4) is 11.5 Å². The van der Waals surface area contributed by atoms with Gasteiger partial charge in [0.1, 0.15) is 5.76 Å². The summed E-state index contributed by atoms with van der Waals surface area (Å²) in [6.07, 6.45) is -7.42. The number of hydrogen-bond acceptors (Lipinski definition) is 11. The summed E-state index contributed by atoms with van der Waals surface area (Å²) in [6, 6.07) is 2.94. The number of benzene rings is 1. The maximum absolute atomic E-state index is 12.8. The van der Waals surface area contributed by atoms with Gasteiger partial charge in [0.25, 0.3) is 0 Å². The van der Waals surface area contributed by atoms with Crippen LogP contribution in [0, 0.1) is 0 Å². The summed E-state index contributed by atoms with van der Waals surface area (Å²) >= 11 is 0. The highest BCUT2D eigenvalue weighted by atomic mass is 19.4. The molecular weight excluding hydrogens is 531 g/mol. The van der Waals surface area contributed by atoms with E-state index in [4.69, 9.17) is 9.47 Å². The first-order valence-electron chi connectivity index (χ1n) is 12.0. The molecule has 210 valence electrons. The molecule has 2 N–H and O–H groups in total. The van der Waals surface area contributed by atoms with E-state index in [1.807, 2.05) is 11.9 Å². The van der Waals surface area contributed by atoms with Crippen LogP contribution in [-0.2, 0) is 45.2 Å². The molecular formula is C25H24F3NO10. The number of phenolic OH excluding ortho intramolecular Hbond substituents is 1. The smallest absolute Gasteiger partial charge is 0.491 e. The van der Waals surface area contributed by atoms with Gasteiger partial charge in [-0.2, -0.15) is 13.2 Å². The SMILES string of the molecule is CC(=O)O[C@@H](CC(=O)OC1=CC[C@@]2(O)[C@H]3Cc4ccc(O)c5c4[C@@]2(CCN3C)[C@H]1O5)C(=O)OC(=O)C(F)(F)F. The zero-order chi connectivity index (χ0) is 28.5. The molecule has 14 heteroatoms. The Hall–Kier alpha value is -3.65. The van der Waals surface area contributed by atoms with Crippen LogP contribution >= 0.6 is 0 Å². The molecule has 0 amide bonds. The fraction of sp³-hybridized carbons (Fsp3) is 0.520. The van der Waals surface area contributed by atoms with Gasteiger partial charge >= 0.3 is 30.1 Å². The molecule has 0 aromatic heterocycles. The van der Waals surface area contributed by atoms with Crippen molar-refractivity contribution in [2.24, 2.45) is 0 Å². The molecule has 1 aromatic rings. The zero-order valence-corrected chi connectivity index (χ0v) is 20.7. The highest BCUT2D eigenvalue weighted by molar-refractivity contribution is 5.93. The van der Waals surface area contributed by atoms with Crippen LogP contribution in [0.3, 0.4) is 0 Å². The molecule has 1 fully saturated rings. The summed E-state index contributed by atoms with van der Waals surface area (Å²) in [5.74, 6) is -7.10. The second kappa shape index (κ2) is 8.95. The molecule has 39 heavy (non-hydrogen) atoms. The van der Waals surface area contributed by atoms with E-state index in [9.17, 15) is 42.6 Å². The van der Waals surface area contributed by atoms with Crippen molar-refractivity contribution in [1.29, 1.82) is 0 Å². The number of hydrogen-bond donors (Lipinski definition) is 2. The van der Waals surface area contributed by atoms with Gasteiger partial charge < -0.3 is 34.1 Å². The van der Waals surface area contributed by atoms with Crippen molar-refractivity contribution in [3.05, 3.63) is 35.1 Å². The molecule has 0 saturated carbocycles. The summed E-state index contributed by atoms with van der Waals surface area (Å²) < 4.78 is 57.4. The number of phenols is 1. The van der Waals surface area contributed by atoms with Crippen molar-refractivity contribution in [2.45, 2.75) is 68.0 Å². The first-order chi connectivity index (χ1) is 18.2. The normalized spacial score (nSPS) is 29.3. The van der Waals surface area contributed by atoms with Gasteiger partial charge in [0.2, 0.25) is 6.10 Å². The third-order valence-corrected chi connectivity index (χ3v) is 7.93. The van der Waals surface area contributed by atoms with E-state index in [2.05, 4.69) is 9.47 Å². The Morgan fingerprint density at radius 2 is 1.97 bits per heavy atom. The van der Waals surface area contributed by atoms with Gasteiger partial charge in [0.15, 0.2) is 17.6 Å². The van der Waals surface area contributed by atoms with E-state index >= 15 is 0 Å². The average Bonchev–Trinajstić information content (AvgIpc) is 3.19. The molecule has 0 unspecified atom stereocenters. The summed E-state index contributed by atoms with van der Waals surface area (Å²) in [5, 5.41) is 22.6. The third-order valence-electron chi connectivity index (χ3n) is 7.93. The van der Waals surface area contributed by atoms with Crippen LogP contribution in [0.15, 0.2) is 24.0 Å². The number of carbonyl (C=O) groups is 4. The van der Waals surface area contributed by atoms with Gasteiger partial charge in [-0.05, 0) is 44.1 Å². The van der Waals surface area contributed by atoms with Crippen molar-refractivity contribution < 1.29 is 61.5 Å². The first-order valence-corrected chi connectivity index (χ1v) is 12.0. The number of likely N-dealkylation sites (tertiary alicyclic amines) is 1. The molecule has 5 rings (SSSR count). The Morgan fingerprint density at radius 1 is 1.26 bits per heavy atom. The Labute approximate surface area is 219 Å². The van der Waals surface area contributed by atoms with Crippen LogP contribution in [0.2, 0.25) is 0 Å². The monoisotopic (exact) mass is 555 g/mol. The molecule has 1 aromatic carbocycles. The Morgan fingerprint density at radius 3 is 2.64 bits per heavy atom. The fourth-order valence-electron chi connectivity index (χ4n) is 6.35. The number of likely N-dealkylation sites (N-methyl/N-ethyl adjacent to an activating group) is 1. The largest absolute Gasteiger partial charge is 0.504 e. The van der Waals surface area contributed by atoms with Crippen molar-refractivity contribution >= 4 is 23.9 Å².